The molecule has 3 aromatic rings. The summed E-state index contributed by atoms with van der Waals surface area (Å²) in [5.74, 6) is 1.35. The predicted molar refractivity (Wildman–Crippen MR) is 76.0 cm³/mol. The molecule has 6 nitrogen and oxygen atoms in total. The van der Waals surface area contributed by atoms with Gasteiger partial charge in [0.2, 0.25) is 5.95 Å². The Balaban J connectivity index is 1.92. The van der Waals surface area contributed by atoms with Crippen LogP contribution in [0, 0.1) is 18.3 Å². The van der Waals surface area contributed by atoms with Gasteiger partial charge < -0.3 is 10.3 Å². The van der Waals surface area contributed by atoms with Gasteiger partial charge in [0.1, 0.15) is 12.4 Å². The minimum absolute atomic E-state index is 0.193. The van der Waals surface area contributed by atoms with Crippen LogP contribution in [0.5, 0.6) is 0 Å². The number of hydrogen-bond acceptors (Lipinski definition) is 5. The third kappa shape index (κ3) is 2.29. The molecule has 2 heterocycles. The van der Waals surface area contributed by atoms with Gasteiger partial charge in [0.15, 0.2) is 0 Å². The summed E-state index contributed by atoms with van der Waals surface area (Å²) in [6.07, 6.45) is 3.47. The first-order valence-electron chi connectivity index (χ1n) is 6.16. The first-order valence-corrected chi connectivity index (χ1v) is 6.16. The largest absolute Gasteiger partial charge is 0.342 e. The molecule has 0 unspecified atom stereocenters. The van der Waals surface area contributed by atoms with Gasteiger partial charge in [0, 0.05) is 18.0 Å². The van der Waals surface area contributed by atoms with Gasteiger partial charge in [-0.15, -0.1) is 0 Å². The molecule has 3 rings (SSSR count). The minimum atomic E-state index is 0.193. The molecule has 0 atom stereocenters. The van der Waals surface area contributed by atoms with E-state index in [4.69, 9.17) is 5.26 Å². The SMILES string of the molecule is Cc1nc2ccc(-c3cnc(NCC#N)nc3)cc2[nH]1. The van der Waals surface area contributed by atoms with Crippen molar-refractivity contribution in [1.82, 2.24) is 19.9 Å². The van der Waals surface area contributed by atoms with Gasteiger partial charge in [-0.3, -0.25) is 0 Å². The van der Waals surface area contributed by atoms with E-state index in [1.54, 1.807) is 12.4 Å². The number of nitrogens with one attached hydrogen (secondary N) is 2. The Morgan fingerprint density at radius 3 is 2.80 bits per heavy atom. The van der Waals surface area contributed by atoms with Crippen molar-refractivity contribution in [1.29, 1.82) is 5.26 Å². The van der Waals surface area contributed by atoms with E-state index in [1.165, 1.54) is 0 Å². The van der Waals surface area contributed by atoms with Gasteiger partial charge in [-0.25, -0.2) is 15.0 Å². The van der Waals surface area contributed by atoms with Crippen molar-refractivity contribution in [3.8, 4) is 17.2 Å². The molecule has 0 aliphatic carbocycles. The molecule has 0 bridgehead atoms. The fraction of sp³-hybridized carbons (Fsp3) is 0.143. The van der Waals surface area contributed by atoms with E-state index in [0.717, 1.165) is 28.0 Å². The number of hydrogen-bond donors (Lipinski definition) is 2. The smallest absolute Gasteiger partial charge is 0.223 e. The average molecular weight is 264 g/mol. The molecular weight excluding hydrogens is 252 g/mol. The van der Waals surface area contributed by atoms with Gasteiger partial charge in [0.25, 0.3) is 0 Å². The second-order valence-corrected chi connectivity index (χ2v) is 4.36. The number of benzene rings is 1. The lowest BCUT2D eigenvalue weighted by Gasteiger charge is -2.03. The molecule has 0 spiro atoms. The van der Waals surface area contributed by atoms with E-state index in [9.17, 15) is 0 Å². The number of aryl methyl sites for hydroxylation is 1. The first-order chi connectivity index (χ1) is 9.76. The summed E-state index contributed by atoms with van der Waals surface area (Å²) in [5.41, 5.74) is 3.88. The summed E-state index contributed by atoms with van der Waals surface area (Å²) >= 11 is 0. The summed E-state index contributed by atoms with van der Waals surface area (Å²) < 4.78 is 0. The molecular formula is C14H12N6. The molecule has 0 aliphatic rings. The second kappa shape index (κ2) is 4.97. The molecule has 0 fully saturated rings. The van der Waals surface area contributed by atoms with Crippen LogP contribution in [0.15, 0.2) is 30.6 Å². The van der Waals surface area contributed by atoms with Gasteiger partial charge >= 0.3 is 0 Å². The van der Waals surface area contributed by atoms with Crippen molar-refractivity contribution >= 4 is 17.0 Å². The maximum atomic E-state index is 8.49. The normalized spacial score (nSPS) is 10.4. The monoisotopic (exact) mass is 264 g/mol. The van der Waals surface area contributed by atoms with Crippen molar-refractivity contribution in [2.24, 2.45) is 0 Å². The van der Waals surface area contributed by atoms with E-state index in [-0.39, 0.29) is 6.54 Å². The minimum Gasteiger partial charge on any atom is -0.342 e. The highest BCUT2D eigenvalue weighted by molar-refractivity contribution is 5.81. The highest BCUT2D eigenvalue weighted by Gasteiger charge is 2.04. The van der Waals surface area contributed by atoms with Crippen LogP contribution in [0.25, 0.3) is 22.2 Å². The predicted octanol–water partition coefficient (Wildman–Crippen LogP) is 2.26. The fourth-order valence-electron chi connectivity index (χ4n) is 2.00. The third-order valence-corrected chi connectivity index (χ3v) is 2.91. The van der Waals surface area contributed by atoms with Crippen molar-refractivity contribution in [3.63, 3.8) is 0 Å². The number of aromatic nitrogens is 4. The standard InChI is InChI=1S/C14H12N6/c1-9-19-12-3-2-10(6-13(12)20-9)11-7-17-14(18-8-11)16-5-4-15/h2-3,6-8H,5H2,1H3,(H,19,20)(H,16,17,18). The molecule has 2 aromatic heterocycles. The van der Waals surface area contributed by atoms with Crippen molar-refractivity contribution < 1.29 is 0 Å². The summed E-state index contributed by atoms with van der Waals surface area (Å²) in [6.45, 7) is 2.12. The Hall–Kier alpha value is -2.94. The highest BCUT2D eigenvalue weighted by atomic mass is 15.1. The maximum Gasteiger partial charge on any atom is 0.223 e. The Labute approximate surface area is 115 Å². The van der Waals surface area contributed by atoms with Crippen molar-refractivity contribution in [3.05, 3.63) is 36.4 Å². The van der Waals surface area contributed by atoms with E-state index in [0.29, 0.717) is 5.95 Å². The number of fused-ring (bicyclic) bond motifs is 1. The molecule has 0 saturated heterocycles. The lowest BCUT2D eigenvalue weighted by Crippen LogP contribution is -2.02. The third-order valence-electron chi connectivity index (χ3n) is 2.91. The van der Waals surface area contributed by atoms with Crippen LogP contribution < -0.4 is 5.32 Å². The molecule has 20 heavy (non-hydrogen) atoms. The Morgan fingerprint density at radius 1 is 1.25 bits per heavy atom. The zero-order valence-corrected chi connectivity index (χ0v) is 10.9. The van der Waals surface area contributed by atoms with Gasteiger partial charge in [-0.2, -0.15) is 5.26 Å². The molecule has 6 heteroatoms. The number of rotatable bonds is 3. The number of aromatic amines is 1. The van der Waals surface area contributed by atoms with Crippen LogP contribution in [0.4, 0.5) is 5.95 Å². The molecule has 0 amide bonds. The van der Waals surface area contributed by atoms with Gasteiger partial charge in [-0.1, -0.05) is 6.07 Å². The fourth-order valence-corrected chi connectivity index (χ4v) is 2.00. The number of H-pyrrole nitrogens is 1. The molecule has 0 radical (unpaired) electrons. The summed E-state index contributed by atoms with van der Waals surface area (Å²) in [6, 6.07) is 7.96. The lowest BCUT2D eigenvalue weighted by molar-refractivity contribution is 1.12. The zero-order chi connectivity index (χ0) is 13.9. The van der Waals surface area contributed by atoms with Crippen LogP contribution in [0.1, 0.15) is 5.82 Å². The number of anilines is 1. The van der Waals surface area contributed by atoms with Crippen molar-refractivity contribution in [2.75, 3.05) is 11.9 Å². The quantitative estimate of drug-likeness (QED) is 0.708. The van der Waals surface area contributed by atoms with Crippen LogP contribution >= 0.6 is 0 Å². The van der Waals surface area contributed by atoms with E-state index < -0.39 is 0 Å². The van der Waals surface area contributed by atoms with Crippen LogP contribution in [0.3, 0.4) is 0 Å². The van der Waals surface area contributed by atoms with Crippen LogP contribution in [-0.2, 0) is 0 Å². The Kier molecular flexibility index (Phi) is 3.01. The van der Waals surface area contributed by atoms with E-state index >= 15 is 0 Å². The van der Waals surface area contributed by atoms with Crippen LogP contribution in [-0.4, -0.2) is 26.5 Å². The lowest BCUT2D eigenvalue weighted by atomic mass is 10.1. The second-order valence-electron chi connectivity index (χ2n) is 4.36. The Bertz CT molecular complexity index is 782. The summed E-state index contributed by atoms with van der Waals surface area (Å²) in [5, 5.41) is 11.3. The number of nitrogens with zero attached hydrogens (tertiary/aromatic N) is 4. The molecule has 0 aliphatic heterocycles. The number of nitriles is 1. The van der Waals surface area contributed by atoms with Crippen LogP contribution in [0.2, 0.25) is 0 Å². The first kappa shape index (κ1) is 12.1. The molecule has 98 valence electrons. The van der Waals surface area contributed by atoms with E-state index in [1.807, 2.05) is 31.2 Å². The van der Waals surface area contributed by atoms with Crippen molar-refractivity contribution in [2.45, 2.75) is 6.92 Å². The summed E-state index contributed by atoms with van der Waals surface area (Å²) in [4.78, 5) is 15.9. The molecule has 1 aromatic carbocycles. The molecule has 0 saturated carbocycles. The zero-order valence-electron chi connectivity index (χ0n) is 10.9. The summed E-state index contributed by atoms with van der Waals surface area (Å²) in [7, 11) is 0. The topological polar surface area (TPSA) is 90.3 Å². The average Bonchev–Trinajstić information content (AvgIpc) is 2.84. The highest BCUT2D eigenvalue weighted by Crippen LogP contribution is 2.22. The van der Waals surface area contributed by atoms with E-state index in [2.05, 4.69) is 25.3 Å². The van der Waals surface area contributed by atoms with Gasteiger partial charge in [0.05, 0.1) is 17.1 Å². The van der Waals surface area contributed by atoms with Gasteiger partial charge in [-0.05, 0) is 24.6 Å². The maximum absolute atomic E-state index is 8.49. The Morgan fingerprint density at radius 2 is 2.05 bits per heavy atom. The number of imidazole rings is 1. The molecule has 2 N–H and O–H groups in total.